The van der Waals surface area contributed by atoms with Crippen molar-refractivity contribution in [3.63, 3.8) is 0 Å². The summed E-state index contributed by atoms with van der Waals surface area (Å²) in [5.41, 5.74) is -0.358. The van der Waals surface area contributed by atoms with E-state index < -0.39 is 61.0 Å². The van der Waals surface area contributed by atoms with E-state index in [0.717, 1.165) is 68.6 Å². The minimum absolute atomic E-state index is 0.0256. The summed E-state index contributed by atoms with van der Waals surface area (Å²) in [5, 5.41) is 21.5. The standard InChI is InChI=1S/C36H45N3O12S4/c1-6-7-8-9-10-11-18-50-22-24(40)23-51-25-12-15-28(31(41)19-25)34-37-35(29-16-13-26(52(2,42)43)20-32(29)54(4,46)47)39-36(38-34)30-17-14-27(53(3,44)45)21-33(30)55(5,48)49/h12-17,19-21,24,40-41H,6-11,18,22-23H2,1-5H3. The SMILES string of the molecule is CCCCCCCCOCC(O)COc1ccc(-c2nc(-c3ccc(S(C)(=O)=O)cc3S(C)(=O)=O)nc(-c3ccc(S(C)(=O)=O)cc3S(C)(=O)=O)n2)c(O)c1. The zero-order valence-corrected chi connectivity index (χ0v) is 34.4. The number of benzene rings is 3. The fourth-order valence-electron chi connectivity index (χ4n) is 5.42. The Labute approximate surface area is 322 Å². The van der Waals surface area contributed by atoms with E-state index in [1.54, 1.807) is 0 Å². The van der Waals surface area contributed by atoms with Gasteiger partial charge in [-0.1, -0.05) is 39.0 Å². The minimum Gasteiger partial charge on any atom is -0.507 e. The third kappa shape index (κ3) is 12.0. The second-order valence-corrected chi connectivity index (χ2v) is 21.2. The lowest BCUT2D eigenvalue weighted by Crippen LogP contribution is -2.23. The summed E-state index contributed by atoms with van der Waals surface area (Å²) >= 11 is 0. The van der Waals surface area contributed by atoms with Gasteiger partial charge in [-0.2, -0.15) is 0 Å². The average molecular weight is 840 g/mol. The van der Waals surface area contributed by atoms with Gasteiger partial charge in [0.15, 0.2) is 56.8 Å². The Morgan fingerprint density at radius 3 is 1.49 bits per heavy atom. The van der Waals surface area contributed by atoms with Gasteiger partial charge in [-0.15, -0.1) is 0 Å². The van der Waals surface area contributed by atoms with Crippen LogP contribution in [-0.2, 0) is 44.1 Å². The molecule has 0 radical (unpaired) electrons. The molecule has 0 spiro atoms. The van der Waals surface area contributed by atoms with Gasteiger partial charge in [-0.25, -0.2) is 48.6 Å². The second-order valence-electron chi connectivity index (χ2n) is 13.2. The third-order valence-electron chi connectivity index (χ3n) is 8.28. The molecule has 300 valence electrons. The van der Waals surface area contributed by atoms with Crippen molar-refractivity contribution >= 4 is 39.3 Å². The topological polar surface area (TPSA) is 234 Å². The van der Waals surface area contributed by atoms with E-state index in [4.69, 9.17) is 9.47 Å². The number of aromatic hydroxyl groups is 1. The van der Waals surface area contributed by atoms with Crippen LogP contribution in [0.2, 0.25) is 0 Å². The molecule has 1 aromatic heterocycles. The molecule has 1 atom stereocenters. The second kappa shape index (κ2) is 17.8. The lowest BCUT2D eigenvalue weighted by molar-refractivity contribution is 0.0109. The van der Waals surface area contributed by atoms with Crippen molar-refractivity contribution in [3.8, 4) is 45.7 Å². The van der Waals surface area contributed by atoms with Crippen LogP contribution >= 0.6 is 0 Å². The van der Waals surface area contributed by atoms with Crippen LogP contribution in [0.15, 0.2) is 74.2 Å². The monoisotopic (exact) mass is 839 g/mol. The smallest absolute Gasteiger partial charge is 0.176 e. The minimum atomic E-state index is -4.14. The largest absolute Gasteiger partial charge is 0.507 e. The lowest BCUT2D eigenvalue weighted by Gasteiger charge is -2.15. The quantitative estimate of drug-likeness (QED) is 0.125. The van der Waals surface area contributed by atoms with Crippen molar-refractivity contribution in [2.75, 3.05) is 44.8 Å². The number of phenolic OH excluding ortho intramolecular Hbond substituents is 1. The van der Waals surface area contributed by atoms with Crippen molar-refractivity contribution in [1.29, 1.82) is 0 Å². The fourth-order valence-corrected chi connectivity index (χ4v) is 8.66. The van der Waals surface area contributed by atoms with Crippen LogP contribution in [0.25, 0.3) is 34.2 Å². The van der Waals surface area contributed by atoms with E-state index in [9.17, 15) is 43.9 Å². The number of unbranched alkanes of at least 4 members (excludes halogenated alkanes) is 5. The number of hydrogen-bond donors (Lipinski definition) is 2. The van der Waals surface area contributed by atoms with Crippen molar-refractivity contribution in [2.45, 2.75) is 71.1 Å². The number of ether oxygens (including phenoxy) is 2. The number of aromatic nitrogens is 3. The fraction of sp³-hybridized carbons (Fsp3) is 0.417. The Hall–Kier alpha value is -4.01. The van der Waals surface area contributed by atoms with Gasteiger partial charge in [0.2, 0.25) is 0 Å². The molecule has 3 aromatic carbocycles. The zero-order chi connectivity index (χ0) is 40.8. The molecule has 0 amide bonds. The highest BCUT2D eigenvalue weighted by Gasteiger charge is 2.26. The van der Waals surface area contributed by atoms with Gasteiger partial charge in [-0.05, 0) is 55.0 Å². The van der Waals surface area contributed by atoms with E-state index in [1.807, 2.05) is 0 Å². The number of aliphatic hydroxyl groups excluding tert-OH is 1. The zero-order valence-electron chi connectivity index (χ0n) is 31.1. The van der Waals surface area contributed by atoms with Gasteiger partial charge >= 0.3 is 0 Å². The Bertz CT molecular complexity index is 2340. The highest BCUT2D eigenvalue weighted by molar-refractivity contribution is 7.92. The van der Waals surface area contributed by atoms with Crippen LogP contribution in [0.1, 0.15) is 45.4 Å². The average Bonchev–Trinajstić information content (AvgIpc) is 3.09. The number of rotatable bonds is 19. The van der Waals surface area contributed by atoms with Gasteiger partial charge in [0.25, 0.3) is 0 Å². The number of aliphatic hydroxyl groups is 1. The van der Waals surface area contributed by atoms with Crippen LogP contribution in [0.5, 0.6) is 11.5 Å². The maximum atomic E-state index is 13.0. The van der Waals surface area contributed by atoms with Crippen LogP contribution < -0.4 is 4.74 Å². The Morgan fingerprint density at radius 1 is 0.582 bits per heavy atom. The summed E-state index contributed by atoms with van der Waals surface area (Å²) < 4.78 is 112. The highest BCUT2D eigenvalue weighted by atomic mass is 32.2. The predicted molar refractivity (Wildman–Crippen MR) is 206 cm³/mol. The summed E-state index contributed by atoms with van der Waals surface area (Å²) in [7, 11) is -16.0. The van der Waals surface area contributed by atoms with Gasteiger partial charge < -0.3 is 19.7 Å². The van der Waals surface area contributed by atoms with Crippen LogP contribution in [0.3, 0.4) is 0 Å². The molecule has 0 aliphatic rings. The molecule has 1 heterocycles. The van der Waals surface area contributed by atoms with Crippen LogP contribution in [-0.4, -0.2) is 110 Å². The summed E-state index contributed by atoms with van der Waals surface area (Å²) in [4.78, 5) is 11.7. The molecule has 19 heteroatoms. The first-order chi connectivity index (χ1) is 25.6. The maximum Gasteiger partial charge on any atom is 0.176 e. The molecule has 0 saturated heterocycles. The summed E-state index contributed by atoms with van der Waals surface area (Å²) in [6, 6.07) is 10.6. The van der Waals surface area contributed by atoms with E-state index in [2.05, 4.69) is 21.9 Å². The van der Waals surface area contributed by atoms with E-state index in [0.29, 0.717) is 6.61 Å². The molecule has 0 aliphatic carbocycles. The first-order valence-electron chi connectivity index (χ1n) is 17.2. The molecule has 0 fully saturated rings. The third-order valence-corrected chi connectivity index (χ3v) is 12.8. The molecule has 0 aliphatic heterocycles. The number of hydrogen-bond acceptors (Lipinski definition) is 15. The molecule has 55 heavy (non-hydrogen) atoms. The molecule has 4 rings (SSSR count). The first kappa shape index (κ1) is 43.7. The predicted octanol–water partition coefficient (Wildman–Crippen LogP) is 4.31. The molecule has 0 saturated carbocycles. The van der Waals surface area contributed by atoms with Crippen molar-refractivity contribution in [2.24, 2.45) is 0 Å². The van der Waals surface area contributed by atoms with Crippen molar-refractivity contribution in [1.82, 2.24) is 15.0 Å². The number of nitrogens with zero attached hydrogens (tertiary/aromatic N) is 3. The summed E-state index contributed by atoms with van der Waals surface area (Å²) in [6.07, 6.45) is 9.20. The van der Waals surface area contributed by atoms with Gasteiger partial charge in [0.05, 0.1) is 31.8 Å². The highest BCUT2D eigenvalue weighted by Crippen LogP contribution is 2.36. The molecule has 4 aromatic rings. The Balaban J connectivity index is 1.76. The Kier molecular flexibility index (Phi) is 14.2. The van der Waals surface area contributed by atoms with E-state index in [1.165, 1.54) is 49.6 Å². The van der Waals surface area contributed by atoms with Crippen molar-refractivity contribution in [3.05, 3.63) is 54.6 Å². The van der Waals surface area contributed by atoms with E-state index in [-0.39, 0.29) is 62.9 Å². The molecular weight excluding hydrogens is 795 g/mol. The Morgan fingerprint density at radius 2 is 1.04 bits per heavy atom. The molecule has 15 nitrogen and oxygen atoms in total. The van der Waals surface area contributed by atoms with Gasteiger partial charge in [0.1, 0.15) is 24.2 Å². The molecule has 0 bridgehead atoms. The van der Waals surface area contributed by atoms with Gasteiger partial charge in [0, 0.05) is 48.8 Å². The van der Waals surface area contributed by atoms with Crippen LogP contribution in [0.4, 0.5) is 0 Å². The molecular formula is C36H45N3O12S4. The van der Waals surface area contributed by atoms with E-state index >= 15 is 0 Å². The summed E-state index contributed by atoms with van der Waals surface area (Å²) in [5.74, 6) is -1.18. The van der Waals surface area contributed by atoms with Gasteiger partial charge in [-0.3, -0.25) is 0 Å². The lowest BCUT2D eigenvalue weighted by atomic mass is 10.1. The first-order valence-corrected chi connectivity index (χ1v) is 24.7. The number of phenols is 1. The van der Waals surface area contributed by atoms with Crippen molar-refractivity contribution < 1.29 is 53.4 Å². The molecule has 1 unspecified atom stereocenters. The number of sulfone groups is 4. The van der Waals surface area contributed by atoms with Crippen LogP contribution in [0, 0.1) is 0 Å². The molecule has 2 N–H and O–H groups in total. The normalized spacial score (nSPS) is 13.1. The summed E-state index contributed by atoms with van der Waals surface area (Å²) in [6.45, 7) is 2.57. The maximum absolute atomic E-state index is 13.0.